The molecule has 0 fully saturated rings. The zero-order valence-corrected chi connectivity index (χ0v) is 22.7. The van der Waals surface area contributed by atoms with E-state index >= 15 is 0 Å². The van der Waals surface area contributed by atoms with Crippen molar-refractivity contribution in [2.45, 2.75) is 48.3 Å². The van der Waals surface area contributed by atoms with Crippen LogP contribution >= 0.6 is 11.8 Å². The van der Waals surface area contributed by atoms with Crippen molar-refractivity contribution in [2.75, 3.05) is 0 Å². The summed E-state index contributed by atoms with van der Waals surface area (Å²) in [6.45, 7) is 0.357. The Bertz CT molecular complexity index is 1670. The van der Waals surface area contributed by atoms with Crippen LogP contribution in [0.3, 0.4) is 0 Å². The first kappa shape index (κ1) is 21.4. The van der Waals surface area contributed by atoms with E-state index in [-0.39, 0.29) is 0 Å². The topological polar surface area (TPSA) is 4.93 Å². The van der Waals surface area contributed by atoms with Crippen molar-refractivity contribution in [3.63, 3.8) is 0 Å². The average Bonchev–Trinajstić information content (AvgIpc) is 3.20. The number of nitrogens with zero attached hydrogens (tertiary/aromatic N) is 1. The van der Waals surface area contributed by atoms with E-state index in [0.29, 0.717) is 21.7 Å². The zero-order valence-electron chi connectivity index (χ0n) is 20.2. The molecule has 3 heterocycles. The molecule has 4 aromatic carbocycles. The molecule has 3 aliphatic rings. The molecule has 1 nitrogen and oxygen atoms in total. The zero-order chi connectivity index (χ0) is 23.6. The van der Waals surface area contributed by atoms with Crippen molar-refractivity contribution in [3.05, 3.63) is 96.2 Å². The molecule has 36 heavy (non-hydrogen) atoms. The monoisotopic (exact) mass is 547 g/mol. The number of aryl methyl sites for hydroxylation is 1. The van der Waals surface area contributed by atoms with Crippen molar-refractivity contribution in [3.8, 4) is 5.69 Å². The molecular formula is C32H26BNSSe. The van der Waals surface area contributed by atoms with Gasteiger partial charge in [0, 0.05) is 0 Å². The van der Waals surface area contributed by atoms with Gasteiger partial charge in [-0.25, -0.2) is 0 Å². The second kappa shape index (κ2) is 8.45. The molecule has 5 aromatic rings. The molecule has 0 radical (unpaired) electrons. The third-order valence-electron chi connectivity index (χ3n) is 8.23. The van der Waals surface area contributed by atoms with Gasteiger partial charge >= 0.3 is 218 Å². The van der Waals surface area contributed by atoms with Gasteiger partial charge in [0.15, 0.2) is 0 Å². The van der Waals surface area contributed by atoms with Crippen LogP contribution in [0.5, 0.6) is 0 Å². The minimum absolute atomic E-state index is 0.357. The van der Waals surface area contributed by atoms with Gasteiger partial charge < -0.3 is 0 Å². The van der Waals surface area contributed by atoms with Crippen LogP contribution in [0, 0.1) is 0 Å². The molecule has 0 atom stereocenters. The standard InChI is InChI=1S/C32H26BNSSe/c1-2-4-13-26-22(10-3-1)23-11-5-7-14-27(23)34(26)21-18-19-24-29(20-21)35-28-15-9-17-31-32(28)33(24)25-12-6-8-16-30(25)36-31/h5-9,11-12,14-20H,1-4,10,13H2. The summed E-state index contributed by atoms with van der Waals surface area (Å²) in [5.41, 5.74) is 10.4. The van der Waals surface area contributed by atoms with E-state index in [2.05, 4.69) is 89.5 Å². The summed E-state index contributed by atoms with van der Waals surface area (Å²) in [5.74, 6) is 0. The molecule has 0 spiro atoms. The molecule has 0 N–H and O–H groups in total. The third-order valence-corrected chi connectivity index (χ3v) is 11.8. The van der Waals surface area contributed by atoms with Gasteiger partial charge in [-0.1, -0.05) is 6.42 Å². The van der Waals surface area contributed by atoms with Gasteiger partial charge in [-0.3, -0.25) is 0 Å². The van der Waals surface area contributed by atoms with Crippen molar-refractivity contribution in [1.29, 1.82) is 0 Å². The predicted octanol–water partition coefficient (Wildman–Crippen LogP) is 4.24. The molecule has 0 saturated carbocycles. The Morgan fingerprint density at radius 1 is 0.694 bits per heavy atom. The number of fused-ring (bicyclic) bond motifs is 7. The molecule has 8 rings (SSSR count). The summed E-state index contributed by atoms with van der Waals surface area (Å²) in [6, 6.07) is 32.6. The van der Waals surface area contributed by atoms with E-state index < -0.39 is 0 Å². The van der Waals surface area contributed by atoms with Crippen molar-refractivity contribution < 1.29 is 0 Å². The Morgan fingerprint density at radius 3 is 2.50 bits per heavy atom. The van der Waals surface area contributed by atoms with E-state index in [0.717, 1.165) is 0 Å². The van der Waals surface area contributed by atoms with Crippen LogP contribution in [-0.4, -0.2) is 26.2 Å². The van der Waals surface area contributed by atoms with E-state index in [4.69, 9.17) is 0 Å². The minimum atomic E-state index is 0.357. The fraction of sp³-hybridized carbons (Fsp3) is 0.188. The van der Waals surface area contributed by atoms with E-state index in [1.807, 2.05) is 11.8 Å². The van der Waals surface area contributed by atoms with Gasteiger partial charge in [-0.2, -0.15) is 0 Å². The Balaban J connectivity index is 1.34. The van der Waals surface area contributed by atoms with E-state index in [1.54, 1.807) is 25.6 Å². The van der Waals surface area contributed by atoms with E-state index in [1.165, 1.54) is 75.8 Å². The van der Waals surface area contributed by atoms with Crippen LogP contribution < -0.4 is 25.3 Å². The molecule has 174 valence electrons. The number of hydrogen-bond donors (Lipinski definition) is 0. The fourth-order valence-electron chi connectivity index (χ4n) is 6.65. The van der Waals surface area contributed by atoms with Gasteiger partial charge in [-0.05, 0) is 0 Å². The van der Waals surface area contributed by atoms with E-state index in [9.17, 15) is 0 Å². The maximum absolute atomic E-state index is 2.60. The van der Waals surface area contributed by atoms with Crippen LogP contribution in [0.1, 0.15) is 36.9 Å². The molecular weight excluding hydrogens is 520 g/mol. The Hall–Kier alpha value is -2.65. The van der Waals surface area contributed by atoms with Gasteiger partial charge in [0.25, 0.3) is 0 Å². The molecule has 0 unspecified atom stereocenters. The summed E-state index contributed by atoms with van der Waals surface area (Å²) in [7, 11) is 0. The first-order chi connectivity index (χ1) is 17.9. The Morgan fingerprint density at radius 2 is 1.53 bits per heavy atom. The SMILES string of the molecule is c1ccc2c(c1)[Se]c1cccc3c1B2c1ccc(-n2c4c(c5ccccc52)CCCCCC4)cc1S3. The molecule has 2 aliphatic heterocycles. The predicted molar refractivity (Wildman–Crippen MR) is 156 cm³/mol. The normalized spacial score (nSPS) is 15.9. The molecule has 1 aromatic heterocycles. The van der Waals surface area contributed by atoms with Crippen LogP contribution in [0.15, 0.2) is 94.7 Å². The molecule has 0 saturated heterocycles. The summed E-state index contributed by atoms with van der Waals surface area (Å²) in [4.78, 5) is 2.87. The van der Waals surface area contributed by atoms with Gasteiger partial charge in [0.1, 0.15) is 0 Å². The summed E-state index contributed by atoms with van der Waals surface area (Å²) < 4.78 is 5.70. The second-order valence-corrected chi connectivity index (χ2v) is 13.6. The number of aromatic nitrogens is 1. The first-order valence-corrected chi connectivity index (χ1v) is 15.7. The van der Waals surface area contributed by atoms with Crippen molar-refractivity contribution in [2.24, 2.45) is 0 Å². The first-order valence-electron chi connectivity index (χ1n) is 13.2. The molecule has 1 aliphatic carbocycles. The second-order valence-electron chi connectivity index (χ2n) is 10.3. The number of benzene rings is 4. The molecule has 0 bridgehead atoms. The van der Waals surface area contributed by atoms with Crippen LogP contribution in [-0.2, 0) is 12.8 Å². The van der Waals surface area contributed by atoms with Crippen LogP contribution in [0.25, 0.3) is 16.6 Å². The Kier molecular flexibility index (Phi) is 5.03. The summed E-state index contributed by atoms with van der Waals surface area (Å²) in [5, 5.41) is 1.46. The van der Waals surface area contributed by atoms with Crippen LogP contribution in [0.4, 0.5) is 0 Å². The third kappa shape index (κ3) is 3.18. The van der Waals surface area contributed by atoms with Crippen molar-refractivity contribution >= 4 is 69.6 Å². The molecule has 4 heteroatoms. The van der Waals surface area contributed by atoms with Gasteiger partial charge in [-0.15, -0.1) is 0 Å². The quantitative estimate of drug-likeness (QED) is 0.279. The number of hydrogen-bond acceptors (Lipinski definition) is 1. The number of para-hydroxylation sites is 1. The summed E-state index contributed by atoms with van der Waals surface area (Å²) in [6.07, 6.45) is 7.70. The van der Waals surface area contributed by atoms with Gasteiger partial charge in [0.2, 0.25) is 0 Å². The van der Waals surface area contributed by atoms with Crippen molar-refractivity contribution in [1.82, 2.24) is 4.57 Å². The van der Waals surface area contributed by atoms with Crippen LogP contribution in [0.2, 0.25) is 0 Å². The number of rotatable bonds is 1. The maximum atomic E-state index is 2.60. The molecule has 0 amide bonds. The van der Waals surface area contributed by atoms with Gasteiger partial charge in [0.05, 0.1) is 0 Å². The fourth-order valence-corrected chi connectivity index (χ4v) is 10.5. The Labute approximate surface area is 223 Å². The average molecular weight is 546 g/mol. The summed E-state index contributed by atoms with van der Waals surface area (Å²) >= 11 is 2.37.